The highest BCUT2D eigenvalue weighted by Gasteiger charge is 2.26. The van der Waals surface area contributed by atoms with Crippen molar-refractivity contribution in [2.45, 2.75) is 6.92 Å². The van der Waals surface area contributed by atoms with E-state index in [-0.39, 0.29) is 12.0 Å². The fourth-order valence-electron chi connectivity index (χ4n) is 3.04. The molecule has 1 aromatic heterocycles. The van der Waals surface area contributed by atoms with Gasteiger partial charge in [-0.15, -0.1) is 0 Å². The number of hydrogen-bond acceptors (Lipinski definition) is 5. The minimum absolute atomic E-state index is 0.0602. The summed E-state index contributed by atoms with van der Waals surface area (Å²) in [5.41, 5.74) is 1.30. The third-order valence-corrected chi connectivity index (χ3v) is 4.31. The molecule has 2 amide bonds. The number of ether oxygens (including phenoxy) is 2. The van der Waals surface area contributed by atoms with Crippen molar-refractivity contribution in [2.24, 2.45) is 7.05 Å². The summed E-state index contributed by atoms with van der Waals surface area (Å²) in [7, 11) is 3.40. The van der Waals surface area contributed by atoms with Gasteiger partial charge in [0.05, 0.1) is 24.6 Å². The number of benzene rings is 1. The van der Waals surface area contributed by atoms with Crippen LogP contribution in [0.15, 0.2) is 18.2 Å². The molecule has 1 aliphatic rings. The Hall–Kier alpha value is -2.77. The van der Waals surface area contributed by atoms with E-state index in [9.17, 15) is 9.59 Å². The van der Waals surface area contributed by atoms with E-state index in [1.54, 1.807) is 47.7 Å². The summed E-state index contributed by atoms with van der Waals surface area (Å²) in [5.74, 6) is 0.604. The topological polar surface area (TPSA) is 76.9 Å². The van der Waals surface area contributed by atoms with Crippen molar-refractivity contribution in [1.82, 2.24) is 19.6 Å². The van der Waals surface area contributed by atoms with Gasteiger partial charge in [0.2, 0.25) is 5.88 Å². The molecule has 1 aliphatic heterocycles. The molecule has 0 spiro atoms. The van der Waals surface area contributed by atoms with Crippen LogP contribution in [0.4, 0.5) is 4.79 Å². The van der Waals surface area contributed by atoms with Crippen molar-refractivity contribution in [2.75, 3.05) is 39.9 Å². The monoisotopic (exact) mass is 346 g/mol. The zero-order valence-electron chi connectivity index (χ0n) is 14.7. The van der Waals surface area contributed by atoms with Gasteiger partial charge in [0.15, 0.2) is 0 Å². The number of methoxy groups -OCH3 is 1. The van der Waals surface area contributed by atoms with E-state index >= 15 is 0 Å². The zero-order chi connectivity index (χ0) is 18.0. The van der Waals surface area contributed by atoms with Crippen LogP contribution >= 0.6 is 0 Å². The van der Waals surface area contributed by atoms with Crippen LogP contribution in [0, 0.1) is 0 Å². The average Bonchev–Trinajstić information content (AvgIpc) is 2.95. The van der Waals surface area contributed by atoms with Crippen molar-refractivity contribution < 1.29 is 19.1 Å². The molecule has 0 saturated carbocycles. The van der Waals surface area contributed by atoms with Gasteiger partial charge in [0.25, 0.3) is 5.91 Å². The molecular formula is C17H22N4O4. The smallest absolute Gasteiger partial charge is 0.409 e. The zero-order valence-corrected chi connectivity index (χ0v) is 14.7. The van der Waals surface area contributed by atoms with E-state index in [2.05, 4.69) is 5.10 Å². The van der Waals surface area contributed by atoms with Crippen LogP contribution in [-0.4, -0.2) is 71.5 Å². The lowest BCUT2D eigenvalue weighted by molar-refractivity contribution is 0.0570. The maximum atomic E-state index is 12.7. The van der Waals surface area contributed by atoms with Crippen LogP contribution < -0.4 is 4.74 Å². The quantitative estimate of drug-likeness (QED) is 0.842. The molecule has 0 unspecified atom stereocenters. The second kappa shape index (κ2) is 7.00. The maximum Gasteiger partial charge on any atom is 0.409 e. The molecule has 0 radical (unpaired) electrons. The molecule has 0 bridgehead atoms. The first-order valence-corrected chi connectivity index (χ1v) is 8.27. The number of hydrogen-bond donors (Lipinski definition) is 0. The van der Waals surface area contributed by atoms with Crippen molar-refractivity contribution in [3.8, 4) is 5.88 Å². The van der Waals surface area contributed by atoms with Gasteiger partial charge in [0.1, 0.15) is 0 Å². The number of aromatic nitrogens is 2. The molecule has 1 aromatic carbocycles. The Balaban J connectivity index is 1.72. The summed E-state index contributed by atoms with van der Waals surface area (Å²) < 4.78 is 12.0. The lowest BCUT2D eigenvalue weighted by Crippen LogP contribution is -2.50. The summed E-state index contributed by atoms with van der Waals surface area (Å²) >= 11 is 0. The SMILES string of the molecule is CCOC(=O)N1CCN(C(=O)c2ccc3c(OC)n(C)nc3c2)CC1. The fourth-order valence-corrected chi connectivity index (χ4v) is 3.04. The van der Waals surface area contributed by atoms with E-state index in [0.717, 1.165) is 10.9 Å². The second-order valence-corrected chi connectivity index (χ2v) is 5.84. The standard InChI is InChI=1S/C17H22N4O4/c1-4-25-17(23)21-9-7-20(8-10-21)15(22)12-5-6-13-14(11-12)18-19(2)16(13)24-3/h5-6,11H,4,7-10H2,1-3H3. The van der Waals surface area contributed by atoms with Crippen molar-refractivity contribution >= 4 is 22.9 Å². The van der Waals surface area contributed by atoms with E-state index in [0.29, 0.717) is 44.2 Å². The molecule has 25 heavy (non-hydrogen) atoms. The van der Waals surface area contributed by atoms with Gasteiger partial charge in [-0.05, 0) is 25.1 Å². The van der Waals surface area contributed by atoms with Gasteiger partial charge in [-0.1, -0.05) is 0 Å². The highest BCUT2D eigenvalue weighted by atomic mass is 16.6. The summed E-state index contributed by atoms with van der Waals surface area (Å²) in [6.45, 7) is 4.06. The van der Waals surface area contributed by atoms with Crippen LogP contribution in [0.5, 0.6) is 5.88 Å². The van der Waals surface area contributed by atoms with Crippen LogP contribution in [0.25, 0.3) is 10.9 Å². The summed E-state index contributed by atoms with van der Waals surface area (Å²) in [6.07, 6.45) is -0.323. The lowest BCUT2D eigenvalue weighted by atomic mass is 10.1. The molecule has 2 heterocycles. The molecule has 1 saturated heterocycles. The van der Waals surface area contributed by atoms with Gasteiger partial charge in [0, 0.05) is 38.8 Å². The van der Waals surface area contributed by atoms with Gasteiger partial charge >= 0.3 is 6.09 Å². The van der Waals surface area contributed by atoms with Crippen LogP contribution in [-0.2, 0) is 11.8 Å². The lowest BCUT2D eigenvalue weighted by Gasteiger charge is -2.34. The number of aryl methyl sites for hydroxylation is 1. The van der Waals surface area contributed by atoms with Crippen LogP contribution in [0.1, 0.15) is 17.3 Å². The van der Waals surface area contributed by atoms with E-state index in [4.69, 9.17) is 9.47 Å². The minimum Gasteiger partial charge on any atom is -0.481 e. The van der Waals surface area contributed by atoms with Crippen molar-refractivity contribution in [1.29, 1.82) is 0 Å². The Morgan fingerprint density at radius 3 is 2.48 bits per heavy atom. The number of carbonyl (C=O) groups excluding carboxylic acids is 2. The van der Waals surface area contributed by atoms with Crippen molar-refractivity contribution in [3.63, 3.8) is 0 Å². The molecule has 3 rings (SSSR count). The van der Waals surface area contributed by atoms with Gasteiger partial charge in [-0.3, -0.25) is 4.79 Å². The number of piperazine rings is 1. The largest absolute Gasteiger partial charge is 0.481 e. The Labute approximate surface area is 145 Å². The molecule has 8 nitrogen and oxygen atoms in total. The normalized spacial score (nSPS) is 14.7. The molecule has 8 heteroatoms. The maximum absolute atomic E-state index is 12.7. The Morgan fingerprint density at radius 2 is 1.84 bits per heavy atom. The Morgan fingerprint density at radius 1 is 1.16 bits per heavy atom. The van der Waals surface area contributed by atoms with Crippen molar-refractivity contribution in [3.05, 3.63) is 23.8 Å². The number of amides is 2. The fraction of sp³-hybridized carbons (Fsp3) is 0.471. The average molecular weight is 346 g/mol. The van der Waals surface area contributed by atoms with Crippen LogP contribution in [0.3, 0.4) is 0 Å². The number of carbonyl (C=O) groups is 2. The van der Waals surface area contributed by atoms with Gasteiger partial charge < -0.3 is 19.3 Å². The van der Waals surface area contributed by atoms with E-state index in [1.807, 2.05) is 6.07 Å². The molecule has 0 aliphatic carbocycles. The van der Waals surface area contributed by atoms with Gasteiger partial charge in [-0.2, -0.15) is 5.10 Å². The van der Waals surface area contributed by atoms with E-state index < -0.39 is 0 Å². The number of nitrogens with zero attached hydrogens (tertiary/aromatic N) is 4. The van der Waals surface area contributed by atoms with Gasteiger partial charge in [-0.25, -0.2) is 9.48 Å². The summed E-state index contributed by atoms with van der Waals surface area (Å²) in [4.78, 5) is 27.8. The van der Waals surface area contributed by atoms with E-state index in [1.165, 1.54) is 0 Å². The first-order chi connectivity index (χ1) is 12.0. The predicted octanol–water partition coefficient (Wildman–Crippen LogP) is 1.50. The first-order valence-electron chi connectivity index (χ1n) is 8.27. The number of rotatable bonds is 3. The Bertz CT molecular complexity index is 793. The predicted molar refractivity (Wildman–Crippen MR) is 91.8 cm³/mol. The minimum atomic E-state index is -0.323. The molecule has 0 N–H and O–H groups in total. The second-order valence-electron chi connectivity index (χ2n) is 5.84. The number of fused-ring (bicyclic) bond motifs is 1. The highest BCUT2D eigenvalue weighted by Crippen LogP contribution is 2.25. The molecule has 2 aromatic rings. The third kappa shape index (κ3) is 3.24. The molecular weight excluding hydrogens is 324 g/mol. The third-order valence-electron chi connectivity index (χ3n) is 4.31. The molecule has 1 fully saturated rings. The van der Waals surface area contributed by atoms with Crippen LogP contribution in [0.2, 0.25) is 0 Å². The Kier molecular flexibility index (Phi) is 4.78. The molecule has 134 valence electrons. The summed E-state index contributed by atoms with van der Waals surface area (Å²) in [5, 5.41) is 5.25. The molecule has 0 atom stereocenters. The first kappa shape index (κ1) is 17.1. The summed E-state index contributed by atoms with van der Waals surface area (Å²) in [6, 6.07) is 5.41. The highest BCUT2D eigenvalue weighted by molar-refractivity contribution is 5.98.